The summed E-state index contributed by atoms with van der Waals surface area (Å²) in [4.78, 5) is 10.9. The number of halogens is 2. The van der Waals surface area contributed by atoms with Crippen LogP contribution in [0.3, 0.4) is 0 Å². The van der Waals surface area contributed by atoms with Gasteiger partial charge in [0.1, 0.15) is 5.75 Å². The summed E-state index contributed by atoms with van der Waals surface area (Å²) < 4.78 is 6.22. The molecule has 7 heteroatoms. The van der Waals surface area contributed by atoms with E-state index in [4.69, 9.17) is 21.4 Å². The number of carboxylic acids is 1. The van der Waals surface area contributed by atoms with Crippen LogP contribution in [0.25, 0.3) is 0 Å². The molecule has 0 saturated heterocycles. The summed E-state index contributed by atoms with van der Waals surface area (Å²) in [5.74, 6) is -0.356. The molecule has 0 atom stereocenters. The summed E-state index contributed by atoms with van der Waals surface area (Å²) >= 11 is 7.65. The van der Waals surface area contributed by atoms with Gasteiger partial charge in [-0.1, -0.05) is 11.6 Å². The van der Waals surface area contributed by atoms with Gasteiger partial charge >= 0.3 is 5.97 Å². The summed E-state index contributed by atoms with van der Waals surface area (Å²) in [7, 11) is 0. The van der Waals surface area contributed by atoms with Crippen molar-refractivity contribution >= 4 is 40.2 Å². The Morgan fingerprint density at radius 2 is 2.06 bits per heavy atom. The van der Waals surface area contributed by atoms with Crippen LogP contribution in [0, 0.1) is 3.57 Å². The van der Waals surface area contributed by atoms with Crippen molar-refractivity contribution in [2.45, 2.75) is 0 Å². The number of carboxylic acid groups (broad SMARTS) is 1. The first-order valence-electron chi connectivity index (χ1n) is 4.76. The molecular formula is C11H6ClIN2O3. The lowest BCUT2D eigenvalue weighted by molar-refractivity contribution is 0.0696. The van der Waals surface area contributed by atoms with Gasteiger partial charge in [-0.15, -0.1) is 10.2 Å². The van der Waals surface area contributed by atoms with E-state index in [9.17, 15) is 4.79 Å². The molecule has 0 aliphatic rings. The van der Waals surface area contributed by atoms with Gasteiger partial charge in [0.2, 0.25) is 5.88 Å². The van der Waals surface area contributed by atoms with Crippen molar-refractivity contribution in [1.29, 1.82) is 0 Å². The van der Waals surface area contributed by atoms with Gasteiger partial charge in [0.15, 0.2) is 5.15 Å². The lowest BCUT2D eigenvalue weighted by Gasteiger charge is -2.07. The highest BCUT2D eigenvalue weighted by Gasteiger charge is 2.09. The van der Waals surface area contributed by atoms with E-state index in [1.807, 2.05) is 22.6 Å². The first-order chi connectivity index (χ1) is 8.56. The average molecular weight is 377 g/mol. The molecule has 0 unspecified atom stereocenters. The number of ether oxygens (including phenoxy) is 1. The van der Waals surface area contributed by atoms with Crippen molar-refractivity contribution in [2.24, 2.45) is 0 Å². The maximum atomic E-state index is 10.9. The number of aromatic nitrogens is 2. The fourth-order valence-corrected chi connectivity index (χ4v) is 1.73. The molecule has 2 rings (SSSR count). The lowest BCUT2D eigenvalue weighted by atomic mass is 10.2. The van der Waals surface area contributed by atoms with E-state index in [1.165, 1.54) is 18.2 Å². The Kier molecular flexibility index (Phi) is 3.97. The molecule has 0 radical (unpaired) electrons. The monoisotopic (exact) mass is 376 g/mol. The lowest BCUT2D eigenvalue weighted by Crippen LogP contribution is -1.98. The van der Waals surface area contributed by atoms with Crippen molar-refractivity contribution in [3.05, 3.63) is 44.6 Å². The standard InChI is InChI=1S/C11H6ClIN2O3/c12-9-3-4-10(15-14-9)18-8-5-6(11(16)17)1-2-7(8)13/h1-5H,(H,16,17). The molecule has 1 heterocycles. The second-order valence-corrected chi connectivity index (χ2v) is 4.80. The number of hydrogen-bond acceptors (Lipinski definition) is 4. The zero-order chi connectivity index (χ0) is 13.1. The Morgan fingerprint density at radius 1 is 1.28 bits per heavy atom. The molecule has 0 aliphatic carbocycles. The number of benzene rings is 1. The minimum Gasteiger partial charge on any atom is -0.478 e. The van der Waals surface area contributed by atoms with Crippen LogP contribution in [-0.4, -0.2) is 21.3 Å². The van der Waals surface area contributed by atoms with Crippen molar-refractivity contribution in [3.63, 3.8) is 0 Å². The van der Waals surface area contributed by atoms with Gasteiger partial charge in [-0.3, -0.25) is 0 Å². The predicted molar refractivity (Wildman–Crippen MR) is 73.2 cm³/mol. The SMILES string of the molecule is O=C(O)c1ccc(I)c(Oc2ccc(Cl)nn2)c1. The summed E-state index contributed by atoms with van der Waals surface area (Å²) in [5.41, 5.74) is 0.146. The molecule has 92 valence electrons. The highest BCUT2D eigenvalue weighted by atomic mass is 127. The topological polar surface area (TPSA) is 72.3 Å². The van der Waals surface area contributed by atoms with Gasteiger partial charge in [0.25, 0.3) is 0 Å². The van der Waals surface area contributed by atoms with Crippen LogP contribution in [0.2, 0.25) is 5.15 Å². The Labute approximate surface area is 121 Å². The molecule has 5 nitrogen and oxygen atoms in total. The first kappa shape index (κ1) is 13.0. The third kappa shape index (κ3) is 3.08. The summed E-state index contributed by atoms with van der Waals surface area (Å²) in [6.45, 7) is 0. The van der Waals surface area contributed by atoms with Gasteiger partial charge in [-0.25, -0.2) is 4.79 Å². The Hall–Kier alpha value is -1.41. The van der Waals surface area contributed by atoms with E-state index >= 15 is 0 Å². The van der Waals surface area contributed by atoms with Gasteiger partial charge in [-0.05, 0) is 46.9 Å². The fraction of sp³-hybridized carbons (Fsp3) is 0. The molecular weight excluding hydrogens is 370 g/mol. The fourth-order valence-electron chi connectivity index (χ4n) is 1.19. The molecule has 0 amide bonds. The van der Waals surface area contributed by atoms with Crippen LogP contribution in [0.5, 0.6) is 11.6 Å². The molecule has 0 saturated carbocycles. The second-order valence-electron chi connectivity index (χ2n) is 3.25. The minimum absolute atomic E-state index is 0.146. The van der Waals surface area contributed by atoms with Crippen LogP contribution in [0.4, 0.5) is 0 Å². The zero-order valence-corrected chi connectivity index (χ0v) is 11.7. The maximum absolute atomic E-state index is 10.9. The number of aromatic carboxylic acids is 1. The molecule has 0 fully saturated rings. The molecule has 1 aromatic carbocycles. The summed E-state index contributed by atoms with van der Waals surface area (Å²) in [5, 5.41) is 16.5. The predicted octanol–water partition coefficient (Wildman–Crippen LogP) is 3.23. The van der Waals surface area contributed by atoms with Gasteiger partial charge in [0.05, 0.1) is 9.13 Å². The third-order valence-corrected chi connectivity index (χ3v) is 3.09. The van der Waals surface area contributed by atoms with Crippen molar-refractivity contribution in [1.82, 2.24) is 10.2 Å². The van der Waals surface area contributed by atoms with Crippen molar-refractivity contribution in [3.8, 4) is 11.6 Å². The van der Waals surface area contributed by atoms with Crippen LogP contribution in [0.1, 0.15) is 10.4 Å². The number of rotatable bonds is 3. The quantitative estimate of drug-likeness (QED) is 0.833. The molecule has 18 heavy (non-hydrogen) atoms. The first-order valence-corrected chi connectivity index (χ1v) is 6.22. The Balaban J connectivity index is 2.30. The molecule has 0 spiro atoms. The molecule has 1 aromatic heterocycles. The number of hydrogen-bond donors (Lipinski definition) is 1. The van der Waals surface area contributed by atoms with Crippen molar-refractivity contribution in [2.75, 3.05) is 0 Å². The smallest absolute Gasteiger partial charge is 0.335 e. The van der Waals surface area contributed by atoms with E-state index in [0.29, 0.717) is 5.75 Å². The molecule has 2 aromatic rings. The highest BCUT2D eigenvalue weighted by molar-refractivity contribution is 14.1. The minimum atomic E-state index is -1.02. The highest BCUT2D eigenvalue weighted by Crippen LogP contribution is 2.26. The molecule has 1 N–H and O–H groups in total. The third-order valence-electron chi connectivity index (χ3n) is 2.00. The second kappa shape index (κ2) is 5.49. The van der Waals surface area contributed by atoms with E-state index in [1.54, 1.807) is 12.1 Å². The number of carbonyl (C=O) groups is 1. The van der Waals surface area contributed by atoms with Gasteiger partial charge in [0, 0.05) is 6.07 Å². The van der Waals surface area contributed by atoms with Crippen LogP contribution < -0.4 is 4.74 Å². The van der Waals surface area contributed by atoms with E-state index in [0.717, 1.165) is 3.57 Å². The van der Waals surface area contributed by atoms with Crippen LogP contribution >= 0.6 is 34.2 Å². The normalized spacial score (nSPS) is 10.1. The molecule has 0 aliphatic heterocycles. The van der Waals surface area contributed by atoms with E-state index in [-0.39, 0.29) is 16.6 Å². The Bertz CT molecular complexity index is 589. The van der Waals surface area contributed by atoms with Gasteiger partial charge < -0.3 is 9.84 Å². The van der Waals surface area contributed by atoms with Crippen molar-refractivity contribution < 1.29 is 14.6 Å². The van der Waals surface area contributed by atoms with Crippen LogP contribution in [0.15, 0.2) is 30.3 Å². The zero-order valence-electron chi connectivity index (χ0n) is 8.80. The number of nitrogens with zero attached hydrogens (tertiary/aromatic N) is 2. The summed E-state index contributed by atoms with van der Waals surface area (Å²) in [6.07, 6.45) is 0. The average Bonchev–Trinajstić information content (AvgIpc) is 2.34. The largest absolute Gasteiger partial charge is 0.478 e. The molecule has 0 bridgehead atoms. The van der Waals surface area contributed by atoms with E-state index < -0.39 is 5.97 Å². The Morgan fingerprint density at radius 3 is 2.67 bits per heavy atom. The summed E-state index contributed by atoms with van der Waals surface area (Å²) in [6, 6.07) is 7.68. The van der Waals surface area contributed by atoms with Crippen LogP contribution in [-0.2, 0) is 0 Å². The van der Waals surface area contributed by atoms with E-state index in [2.05, 4.69) is 10.2 Å². The van der Waals surface area contributed by atoms with Gasteiger partial charge in [-0.2, -0.15) is 0 Å². The maximum Gasteiger partial charge on any atom is 0.335 e.